The van der Waals surface area contributed by atoms with Crippen LogP contribution in [0, 0.1) is 0 Å². The molecule has 0 spiro atoms. The highest BCUT2D eigenvalue weighted by atomic mass is 16.7. The molecule has 9 N–H and O–H groups in total. The van der Waals surface area contributed by atoms with Gasteiger partial charge in [0.05, 0.1) is 13.2 Å². The van der Waals surface area contributed by atoms with Crippen molar-refractivity contribution < 1.29 is 60.2 Å². The van der Waals surface area contributed by atoms with Gasteiger partial charge in [-0.1, -0.05) is 0 Å². The summed E-state index contributed by atoms with van der Waals surface area (Å²) in [5.74, 6) is -1.84. The maximum atomic E-state index is 10.7. The third kappa shape index (κ3) is 4.58. The molecule has 9 atom stereocenters. The van der Waals surface area contributed by atoms with Gasteiger partial charge < -0.3 is 55.4 Å². The molecule has 12 heteroatoms. The van der Waals surface area contributed by atoms with Gasteiger partial charge in [-0.3, -0.25) is 0 Å². The second-order valence-electron chi connectivity index (χ2n) is 5.32. The predicted molar refractivity (Wildman–Crippen MR) is 71.4 cm³/mol. The fourth-order valence-electron chi connectivity index (χ4n) is 2.16. The minimum Gasteiger partial charge on any atom is -0.479 e. The van der Waals surface area contributed by atoms with Crippen LogP contribution in [0.1, 0.15) is 0 Å². The lowest BCUT2D eigenvalue weighted by molar-refractivity contribution is -0.326. The lowest BCUT2D eigenvalue weighted by Crippen LogP contribution is -2.61. The fraction of sp³-hybridized carbons (Fsp3) is 0.917. The number of hydrogen-bond donors (Lipinski definition) is 9. The second-order valence-corrected chi connectivity index (χ2v) is 5.32. The Kier molecular flexibility index (Phi) is 7.88. The van der Waals surface area contributed by atoms with Crippen LogP contribution in [0.15, 0.2) is 0 Å². The van der Waals surface area contributed by atoms with Crippen LogP contribution < -0.4 is 0 Å². The molecule has 0 aromatic carbocycles. The number of ether oxygens (including phenoxy) is 2. The third-order valence-electron chi connectivity index (χ3n) is 3.62. The molecule has 1 rings (SSSR count). The van der Waals surface area contributed by atoms with Crippen LogP contribution in [-0.4, -0.2) is 120 Å². The molecule has 12 nitrogen and oxygen atoms in total. The van der Waals surface area contributed by atoms with Gasteiger partial charge in [-0.15, -0.1) is 0 Å². The lowest BCUT2D eigenvalue weighted by atomic mass is 9.98. The number of aliphatic hydroxyl groups excluding tert-OH is 8. The van der Waals surface area contributed by atoms with Crippen molar-refractivity contribution in [2.75, 3.05) is 13.2 Å². The molecule has 0 unspecified atom stereocenters. The topological polar surface area (TPSA) is 218 Å². The fourth-order valence-corrected chi connectivity index (χ4v) is 2.16. The molecule has 1 aliphatic rings. The van der Waals surface area contributed by atoms with Crippen LogP contribution in [0.3, 0.4) is 0 Å². The van der Waals surface area contributed by atoms with Crippen LogP contribution in [0.5, 0.6) is 0 Å². The van der Waals surface area contributed by atoms with E-state index in [9.17, 15) is 35.4 Å². The van der Waals surface area contributed by atoms with E-state index in [0.29, 0.717) is 0 Å². The Morgan fingerprint density at radius 1 is 1.04 bits per heavy atom. The first-order valence-corrected chi connectivity index (χ1v) is 6.99. The van der Waals surface area contributed by atoms with Gasteiger partial charge in [0.25, 0.3) is 0 Å². The predicted octanol–water partition coefficient (Wildman–Crippen LogP) is -5.67. The monoisotopic (exact) mass is 358 g/mol. The Hall–Kier alpha value is -0.930. The summed E-state index contributed by atoms with van der Waals surface area (Å²) >= 11 is 0. The molecular formula is C12H22O12. The van der Waals surface area contributed by atoms with Crippen LogP contribution in [0.4, 0.5) is 0 Å². The average molecular weight is 358 g/mol. The summed E-state index contributed by atoms with van der Waals surface area (Å²) in [6, 6.07) is 0. The Labute approximate surface area is 135 Å². The minimum atomic E-state index is -2.39. The molecule has 24 heavy (non-hydrogen) atoms. The zero-order valence-corrected chi connectivity index (χ0v) is 12.4. The van der Waals surface area contributed by atoms with Crippen molar-refractivity contribution in [3.8, 4) is 0 Å². The first-order valence-electron chi connectivity index (χ1n) is 6.99. The number of hydrogen-bond acceptors (Lipinski definition) is 11. The third-order valence-corrected chi connectivity index (χ3v) is 3.62. The van der Waals surface area contributed by atoms with Crippen molar-refractivity contribution in [1.82, 2.24) is 0 Å². The van der Waals surface area contributed by atoms with E-state index < -0.39 is 74.3 Å². The summed E-state index contributed by atoms with van der Waals surface area (Å²) in [4.78, 5) is 10.7. The van der Waals surface area contributed by atoms with E-state index in [1.165, 1.54) is 0 Å². The molecule has 0 saturated carbocycles. The number of aliphatic hydroxyl groups is 8. The van der Waals surface area contributed by atoms with Gasteiger partial charge in [-0.05, 0) is 0 Å². The van der Waals surface area contributed by atoms with E-state index in [-0.39, 0.29) is 0 Å². The van der Waals surface area contributed by atoms with Gasteiger partial charge >= 0.3 is 5.97 Å². The number of carbonyl (C=O) groups is 1. The smallest absolute Gasteiger partial charge is 0.335 e. The van der Waals surface area contributed by atoms with Crippen molar-refractivity contribution in [3.63, 3.8) is 0 Å². The molecule has 1 aliphatic heterocycles. The van der Waals surface area contributed by atoms with Crippen LogP contribution in [-0.2, 0) is 14.3 Å². The quantitative estimate of drug-likeness (QED) is 0.198. The molecule has 1 saturated heterocycles. The molecule has 0 bridgehead atoms. The Balaban J connectivity index is 2.94. The van der Waals surface area contributed by atoms with E-state index in [2.05, 4.69) is 0 Å². The Morgan fingerprint density at radius 3 is 2.08 bits per heavy atom. The first-order chi connectivity index (χ1) is 11.1. The van der Waals surface area contributed by atoms with Gasteiger partial charge in [0.15, 0.2) is 12.4 Å². The standard InChI is InChI=1S/C12H22O12/c13-1-3(15)10(7(18)8(19)11(21)22)24-12-9(20)6(17)5(16)4(2-14)23-12/h3-10,12-20H,1-2H2,(H,21,22)/t3-,4+,5-,6+,7-,8+,9-,10-,12-/m1/s1. The van der Waals surface area contributed by atoms with Gasteiger partial charge in [-0.2, -0.15) is 0 Å². The molecule has 1 fully saturated rings. The van der Waals surface area contributed by atoms with Crippen molar-refractivity contribution >= 4 is 5.97 Å². The number of aliphatic carboxylic acids is 1. The zero-order valence-electron chi connectivity index (χ0n) is 12.4. The molecular weight excluding hydrogens is 336 g/mol. The van der Waals surface area contributed by atoms with Crippen LogP contribution >= 0.6 is 0 Å². The number of carboxylic acids is 1. The van der Waals surface area contributed by atoms with Crippen molar-refractivity contribution in [3.05, 3.63) is 0 Å². The summed E-state index contributed by atoms with van der Waals surface area (Å²) < 4.78 is 9.98. The molecule has 0 amide bonds. The minimum absolute atomic E-state index is 0.766. The molecule has 0 aliphatic carbocycles. The van der Waals surface area contributed by atoms with E-state index in [1.54, 1.807) is 0 Å². The normalized spacial score (nSPS) is 35.9. The SMILES string of the molecule is O=C(O)[C@@H](O)[C@@H](O)[C@H](O[C@H]1O[C@@H](CO)[C@@H](O)[C@H](O)[C@H]1O)[C@H](O)CO. The number of carboxylic acid groups (broad SMARTS) is 1. The Bertz CT molecular complexity index is 403. The van der Waals surface area contributed by atoms with Crippen molar-refractivity contribution in [2.24, 2.45) is 0 Å². The Morgan fingerprint density at radius 2 is 1.62 bits per heavy atom. The first kappa shape index (κ1) is 21.1. The summed E-state index contributed by atoms with van der Waals surface area (Å²) in [6.07, 6.45) is -16.9. The summed E-state index contributed by atoms with van der Waals surface area (Å²) in [7, 11) is 0. The molecule has 0 aromatic heterocycles. The highest BCUT2D eigenvalue weighted by molar-refractivity contribution is 5.72. The number of rotatable bonds is 8. The average Bonchev–Trinajstić information content (AvgIpc) is 2.57. The maximum absolute atomic E-state index is 10.7. The second kappa shape index (κ2) is 8.96. The maximum Gasteiger partial charge on any atom is 0.335 e. The highest BCUT2D eigenvalue weighted by Crippen LogP contribution is 2.24. The van der Waals surface area contributed by atoms with E-state index in [4.69, 9.17) is 24.8 Å². The van der Waals surface area contributed by atoms with Gasteiger partial charge in [0, 0.05) is 0 Å². The summed E-state index contributed by atoms with van der Waals surface area (Å²) in [5.41, 5.74) is 0. The van der Waals surface area contributed by atoms with Gasteiger partial charge in [0.2, 0.25) is 0 Å². The zero-order chi connectivity index (χ0) is 18.6. The van der Waals surface area contributed by atoms with Gasteiger partial charge in [-0.25, -0.2) is 4.79 Å². The van der Waals surface area contributed by atoms with Gasteiger partial charge in [0.1, 0.15) is 42.7 Å². The van der Waals surface area contributed by atoms with Crippen LogP contribution in [0.2, 0.25) is 0 Å². The molecule has 142 valence electrons. The van der Waals surface area contributed by atoms with Crippen molar-refractivity contribution in [1.29, 1.82) is 0 Å². The molecule has 0 radical (unpaired) electrons. The summed E-state index contributed by atoms with van der Waals surface area (Å²) in [6.45, 7) is -1.76. The van der Waals surface area contributed by atoms with Crippen molar-refractivity contribution in [2.45, 2.75) is 55.1 Å². The molecule has 1 heterocycles. The largest absolute Gasteiger partial charge is 0.479 e. The van der Waals surface area contributed by atoms with E-state index in [0.717, 1.165) is 0 Å². The molecule has 0 aromatic rings. The van der Waals surface area contributed by atoms with E-state index >= 15 is 0 Å². The van der Waals surface area contributed by atoms with Crippen LogP contribution in [0.25, 0.3) is 0 Å². The van der Waals surface area contributed by atoms with E-state index in [1.807, 2.05) is 0 Å². The summed E-state index contributed by atoms with van der Waals surface area (Å²) in [5, 5.41) is 84.5. The lowest BCUT2D eigenvalue weighted by Gasteiger charge is -2.42. The highest BCUT2D eigenvalue weighted by Gasteiger charge is 2.47.